The summed E-state index contributed by atoms with van der Waals surface area (Å²) in [6.45, 7) is 5.36. The third-order valence-corrected chi connectivity index (χ3v) is 15.0. The predicted molar refractivity (Wildman–Crippen MR) is 384 cm³/mol. The lowest BCUT2D eigenvalue weighted by molar-refractivity contribution is -0.139. The molecule has 0 amide bonds. The van der Waals surface area contributed by atoms with Crippen molar-refractivity contribution in [2.75, 3.05) is 52.9 Å². The molecule has 0 fully saturated rings. The molecule has 524 valence electrons. The Kier molecular flexibility index (Phi) is 26.1. The van der Waals surface area contributed by atoms with Gasteiger partial charge in [0.05, 0.1) is 33.4 Å². The van der Waals surface area contributed by atoms with E-state index in [4.69, 9.17) is 56.8 Å². The van der Waals surface area contributed by atoms with Gasteiger partial charge in [-0.25, -0.2) is 38.4 Å². The molecule has 0 radical (unpaired) electrons. The van der Waals surface area contributed by atoms with Crippen molar-refractivity contribution in [3.8, 4) is 69.7 Å². The van der Waals surface area contributed by atoms with E-state index in [0.29, 0.717) is 22.6 Å². The van der Waals surface area contributed by atoms with Gasteiger partial charge in [0.2, 0.25) is 0 Å². The standard InChI is InChI=1S/C85H64O20/c1-3-77(86)96-53-51-94-69-35-27-65(28-36-69)81(90)102-73-43-47-75(48-44-73)104-83(92)67-31-39-71(40-32-67)98-55-85(57-100-79(88)63-23-19-61(20-24-63)17-15-59-11-7-5-8-12-59,58-101-80(89)64-25-21-62(22-26-64)18-16-60-13-9-6-10-14-60)56-99-72-41-33-68(34-42-72)84(93)105-76-49-45-74(46-50-76)103-82(91)66-29-37-70(38-30-66)95-52-54-97-78(87)4-2/h3-14,19-50H,1-2,51-58H2. The van der Waals surface area contributed by atoms with Crippen LogP contribution in [0.25, 0.3) is 0 Å². The molecule has 0 aliphatic heterocycles. The first-order valence-corrected chi connectivity index (χ1v) is 32.4. The third-order valence-electron chi connectivity index (χ3n) is 15.0. The van der Waals surface area contributed by atoms with Gasteiger partial charge in [-0.05, 0) is 218 Å². The second-order valence-corrected chi connectivity index (χ2v) is 22.7. The van der Waals surface area contributed by atoms with Crippen LogP contribution in [0.1, 0.15) is 84.4 Å². The first-order chi connectivity index (χ1) is 51.1. The number of rotatable bonds is 30. The Morgan fingerprint density at radius 2 is 0.495 bits per heavy atom. The second-order valence-electron chi connectivity index (χ2n) is 22.7. The first kappa shape index (κ1) is 73.5. The molecular weight excluding hydrogens is 1340 g/mol. The number of hydrogen-bond acceptors (Lipinski definition) is 20. The van der Waals surface area contributed by atoms with E-state index in [1.54, 1.807) is 72.8 Å². The fourth-order valence-corrected chi connectivity index (χ4v) is 9.32. The molecule has 0 spiro atoms. The highest BCUT2D eigenvalue weighted by atomic mass is 16.6. The molecule has 10 rings (SSSR count). The van der Waals surface area contributed by atoms with Crippen LogP contribution in [0.15, 0.2) is 280 Å². The minimum Gasteiger partial charge on any atom is -0.493 e. The molecule has 0 aromatic heterocycles. The molecule has 0 atom stereocenters. The van der Waals surface area contributed by atoms with Crippen molar-refractivity contribution in [1.29, 1.82) is 0 Å². The minimum atomic E-state index is -1.50. The van der Waals surface area contributed by atoms with Crippen molar-refractivity contribution < 1.29 is 95.2 Å². The molecule has 0 bridgehead atoms. The summed E-state index contributed by atoms with van der Waals surface area (Å²) in [7, 11) is 0. The molecule has 0 saturated heterocycles. The van der Waals surface area contributed by atoms with Gasteiger partial charge in [-0.1, -0.05) is 73.2 Å². The van der Waals surface area contributed by atoms with Gasteiger partial charge in [-0.15, -0.1) is 0 Å². The van der Waals surface area contributed by atoms with Crippen molar-refractivity contribution in [3.05, 3.63) is 336 Å². The Morgan fingerprint density at radius 3 is 0.771 bits per heavy atom. The number of carbonyl (C=O) groups excluding carboxylic acids is 8. The molecule has 0 saturated carbocycles. The van der Waals surface area contributed by atoms with E-state index in [0.717, 1.165) is 23.3 Å². The van der Waals surface area contributed by atoms with Crippen LogP contribution in [0.2, 0.25) is 0 Å². The molecule has 10 aromatic carbocycles. The maximum atomic E-state index is 14.1. The summed E-state index contributed by atoms with van der Waals surface area (Å²) in [6.07, 6.45) is 2.10. The van der Waals surface area contributed by atoms with Crippen LogP contribution in [-0.4, -0.2) is 101 Å². The van der Waals surface area contributed by atoms with Gasteiger partial charge >= 0.3 is 47.8 Å². The van der Waals surface area contributed by atoms with Crippen LogP contribution >= 0.6 is 0 Å². The van der Waals surface area contributed by atoms with Crippen LogP contribution in [0.4, 0.5) is 0 Å². The Balaban J connectivity index is 0.821. The van der Waals surface area contributed by atoms with Crippen molar-refractivity contribution in [2.24, 2.45) is 5.41 Å². The average molecular weight is 1410 g/mol. The third kappa shape index (κ3) is 22.9. The maximum Gasteiger partial charge on any atom is 0.343 e. The topological polar surface area (TPSA) is 247 Å². The summed E-state index contributed by atoms with van der Waals surface area (Å²) >= 11 is 0. The second kappa shape index (κ2) is 37.3. The van der Waals surface area contributed by atoms with E-state index < -0.39 is 66.4 Å². The van der Waals surface area contributed by atoms with Crippen molar-refractivity contribution in [1.82, 2.24) is 0 Å². The fourth-order valence-electron chi connectivity index (χ4n) is 9.32. The zero-order valence-corrected chi connectivity index (χ0v) is 56.1. The van der Waals surface area contributed by atoms with Crippen molar-refractivity contribution in [2.45, 2.75) is 0 Å². The smallest absolute Gasteiger partial charge is 0.343 e. The Labute approximate surface area is 603 Å². The Bertz CT molecular complexity index is 4500. The molecule has 0 N–H and O–H groups in total. The lowest BCUT2D eigenvalue weighted by atomic mass is 9.92. The van der Waals surface area contributed by atoms with Crippen LogP contribution < -0.4 is 37.9 Å². The van der Waals surface area contributed by atoms with Gasteiger partial charge in [0, 0.05) is 34.4 Å². The number of hydrogen-bond donors (Lipinski definition) is 0. The van der Waals surface area contributed by atoms with Crippen molar-refractivity contribution >= 4 is 47.8 Å². The van der Waals surface area contributed by atoms with Gasteiger partial charge in [0.15, 0.2) is 0 Å². The van der Waals surface area contributed by atoms with E-state index in [1.807, 2.05) is 60.7 Å². The monoisotopic (exact) mass is 1400 g/mol. The fraction of sp³-hybridized carbons (Fsp3) is 0.106. The van der Waals surface area contributed by atoms with E-state index in [2.05, 4.69) is 36.8 Å². The SMILES string of the molecule is C=CC(=O)OCCOc1ccc(C(=O)Oc2ccc(OC(=O)c3ccc(OCC(COC(=O)c4ccc(C#Cc5ccccc5)cc4)(COC(=O)c4ccc(C#Cc5ccccc5)cc4)COc4ccc(C(=O)Oc5ccc(OC(=O)c6ccc(OCCOC(=O)C=C)cc6)cc5)cc4)cc3)cc2)cc1. The summed E-state index contributed by atoms with van der Waals surface area (Å²) < 4.78 is 68.2. The summed E-state index contributed by atoms with van der Waals surface area (Å²) in [5, 5.41) is 0. The quantitative estimate of drug-likeness (QED) is 0.0101. The van der Waals surface area contributed by atoms with Gasteiger partial charge < -0.3 is 56.8 Å². The van der Waals surface area contributed by atoms with Gasteiger partial charge in [-0.2, -0.15) is 0 Å². The Hall–Kier alpha value is -14.2. The minimum absolute atomic E-state index is 0.0154. The number of carbonyl (C=O) groups is 8. The van der Waals surface area contributed by atoms with E-state index in [-0.39, 0.29) is 108 Å². The highest BCUT2D eigenvalue weighted by molar-refractivity contribution is 5.94. The zero-order chi connectivity index (χ0) is 73.6. The molecular formula is C85H64O20. The summed E-state index contributed by atoms with van der Waals surface area (Å²) in [5.41, 5.74) is 2.52. The molecule has 10 aromatic rings. The molecule has 0 heterocycles. The summed E-state index contributed by atoms with van der Waals surface area (Å²) in [6, 6.07) is 67.8. The largest absolute Gasteiger partial charge is 0.493 e. The Morgan fingerprint density at radius 1 is 0.257 bits per heavy atom. The molecule has 0 aliphatic rings. The van der Waals surface area contributed by atoms with Gasteiger partial charge in [0.25, 0.3) is 0 Å². The summed E-state index contributed by atoms with van der Waals surface area (Å²) in [5.74, 6) is 9.01. The lowest BCUT2D eigenvalue weighted by Crippen LogP contribution is -2.44. The number of ether oxygens (including phenoxy) is 12. The normalized spacial score (nSPS) is 10.4. The van der Waals surface area contributed by atoms with Gasteiger partial charge in [-0.3, -0.25) is 0 Å². The van der Waals surface area contributed by atoms with Crippen LogP contribution in [0.5, 0.6) is 46.0 Å². The molecule has 0 aliphatic carbocycles. The maximum absolute atomic E-state index is 14.1. The highest BCUT2D eigenvalue weighted by Gasteiger charge is 2.38. The van der Waals surface area contributed by atoms with E-state index >= 15 is 0 Å². The molecule has 20 nitrogen and oxygen atoms in total. The van der Waals surface area contributed by atoms with Crippen LogP contribution in [-0.2, 0) is 28.5 Å². The van der Waals surface area contributed by atoms with Crippen molar-refractivity contribution in [3.63, 3.8) is 0 Å². The predicted octanol–water partition coefficient (Wildman–Crippen LogP) is 13.7. The average Bonchev–Trinajstić information content (AvgIpc) is 0.836. The zero-order valence-electron chi connectivity index (χ0n) is 56.1. The highest BCUT2D eigenvalue weighted by Crippen LogP contribution is 2.29. The van der Waals surface area contributed by atoms with E-state index in [9.17, 15) is 38.4 Å². The van der Waals surface area contributed by atoms with Crippen LogP contribution in [0.3, 0.4) is 0 Å². The van der Waals surface area contributed by atoms with Gasteiger partial charge in [0.1, 0.15) is 104 Å². The number of esters is 8. The molecule has 0 unspecified atom stereocenters. The first-order valence-electron chi connectivity index (χ1n) is 32.4. The summed E-state index contributed by atoms with van der Waals surface area (Å²) in [4.78, 5) is 104. The lowest BCUT2D eigenvalue weighted by Gasteiger charge is -2.32. The number of benzene rings is 10. The van der Waals surface area contributed by atoms with E-state index in [1.165, 1.54) is 121 Å². The molecule has 105 heavy (non-hydrogen) atoms. The van der Waals surface area contributed by atoms with Crippen LogP contribution in [0, 0.1) is 29.1 Å². The molecule has 20 heteroatoms.